The molecule has 0 saturated carbocycles. The fourth-order valence-electron chi connectivity index (χ4n) is 2.25. The first-order valence-corrected chi connectivity index (χ1v) is 6.72. The number of nitrogens with zero attached hydrogens (tertiary/aromatic N) is 2. The monoisotopic (exact) mass is 255 g/mol. The van der Waals surface area contributed by atoms with Gasteiger partial charge >= 0.3 is 0 Å². The third-order valence-electron chi connectivity index (χ3n) is 3.30. The molecule has 1 aromatic carbocycles. The Morgan fingerprint density at radius 2 is 1.58 bits per heavy atom. The molecule has 0 fully saturated rings. The van der Waals surface area contributed by atoms with Crippen LogP contribution in [0, 0.1) is 13.8 Å². The van der Waals surface area contributed by atoms with E-state index >= 15 is 0 Å². The van der Waals surface area contributed by atoms with Gasteiger partial charge in [0, 0.05) is 29.9 Å². The van der Waals surface area contributed by atoms with E-state index in [4.69, 9.17) is 0 Å². The van der Waals surface area contributed by atoms with Crippen molar-refractivity contribution in [3.05, 3.63) is 58.7 Å². The first kappa shape index (κ1) is 13.7. The van der Waals surface area contributed by atoms with Gasteiger partial charge in [-0.05, 0) is 32.9 Å². The lowest BCUT2D eigenvalue weighted by Crippen LogP contribution is -2.12. The van der Waals surface area contributed by atoms with Gasteiger partial charge in [0.25, 0.3) is 0 Å². The van der Waals surface area contributed by atoms with Crippen LogP contribution in [-0.4, -0.2) is 17.0 Å². The largest absolute Gasteiger partial charge is 0.316 e. The first-order chi connectivity index (χ1) is 9.20. The standard InChI is InChI=1S/C16H21N3/c1-12-15(11-17-3)13(2)19-16(18-12)10-9-14-7-5-4-6-8-14/h4-8,17H,9-11H2,1-3H3. The Morgan fingerprint density at radius 3 is 2.16 bits per heavy atom. The highest BCUT2D eigenvalue weighted by molar-refractivity contribution is 5.24. The van der Waals surface area contributed by atoms with Crippen LogP contribution in [0.15, 0.2) is 30.3 Å². The second-order valence-corrected chi connectivity index (χ2v) is 4.81. The zero-order valence-corrected chi connectivity index (χ0v) is 11.9. The second-order valence-electron chi connectivity index (χ2n) is 4.81. The van der Waals surface area contributed by atoms with E-state index in [2.05, 4.69) is 53.4 Å². The molecule has 3 nitrogen and oxygen atoms in total. The summed E-state index contributed by atoms with van der Waals surface area (Å²) in [5.74, 6) is 0.943. The van der Waals surface area contributed by atoms with E-state index in [1.165, 1.54) is 11.1 Å². The van der Waals surface area contributed by atoms with E-state index in [1.54, 1.807) is 0 Å². The van der Waals surface area contributed by atoms with Gasteiger partial charge in [0.05, 0.1) is 0 Å². The van der Waals surface area contributed by atoms with Crippen molar-refractivity contribution < 1.29 is 0 Å². The fraction of sp³-hybridized carbons (Fsp3) is 0.375. The Labute approximate surface area is 115 Å². The van der Waals surface area contributed by atoms with Gasteiger partial charge in [0.15, 0.2) is 0 Å². The molecule has 1 N–H and O–H groups in total. The topological polar surface area (TPSA) is 37.8 Å². The molecule has 19 heavy (non-hydrogen) atoms. The van der Waals surface area contributed by atoms with Gasteiger partial charge in [-0.25, -0.2) is 9.97 Å². The van der Waals surface area contributed by atoms with Gasteiger partial charge in [-0.3, -0.25) is 0 Å². The Kier molecular flexibility index (Phi) is 4.63. The molecule has 3 heteroatoms. The number of hydrogen-bond acceptors (Lipinski definition) is 3. The lowest BCUT2D eigenvalue weighted by molar-refractivity contribution is 0.760. The Morgan fingerprint density at radius 1 is 0.947 bits per heavy atom. The van der Waals surface area contributed by atoms with Crippen molar-refractivity contribution in [2.75, 3.05) is 7.05 Å². The smallest absolute Gasteiger partial charge is 0.129 e. The molecule has 0 aliphatic heterocycles. The molecular formula is C16H21N3. The predicted molar refractivity (Wildman–Crippen MR) is 78.1 cm³/mol. The van der Waals surface area contributed by atoms with Gasteiger partial charge in [-0.15, -0.1) is 0 Å². The van der Waals surface area contributed by atoms with Crippen LogP contribution in [-0.2, 0) is 19.4 Å². The van der Waals surface area contributed by atoms with Gasteiger partial charge in [0.2, 0.25) is 0 Å². The number of aryl methyl sites for hydroxylation is 4. The average Bonchev–Trinajstić information content (AvgIpc) is 2.42. The summed E-state index contributed by atoms with van der Waals surface area (Å²) in [6, 6.07) is 10.5. The minimum Gasteiger partial charge on any atom is -0.316 e. The molecule has 0 atom stereocenters. The Hall–Kier alpha value is -1.74. The number of benzene rings is 1. The maximum atomic E-state index is 4.62. The maximum Gasteiger partial charge on any atom is 0.129 e. The minimum atomic E-state index is 0.830. The van der Waals surface area contributed by atoms with E-state index in [-0.39, 0.29) is 0 Å². The van der Waals surface area contributed by atoms with Crippen LogP contribution < -0.4 is 5.32 Å². The maximum absolute atomic E-state index is 4.62. The Bertz CT molecular complexity index is 512. The lowest BCUT2D eigenvalue weighted by atomic mass is 10.1. The van der Waals surface area contributed by atoms with Crippen LogP contribution >= 0.6 is 0 Å². The van der Waals surface area contributed by atoms with E-state index in [1.807, 2.05) is 13.1 Å². The molecule has 0 saturated heterocycles. The van der Waals surface area contributed by atoms with Crippen molar-refractivity contribution in [1.29, 1.82) is 0 Å². The van der Waals surface area contributed by atoms with Crippen LogP contribution in [0.1, 0.15) is 28.3 Å². The first-order valence-electron chi connectivity index (χ1n) is 6.72. The molecular weight excluding hydrogens is 234 g/mol. The van der Waals surface area contributed by atoms with Crippen molar-refractivity contribution in [3.63, 3.8) is 0 Å². The highest BCUT2D eigenvalue weighted by Gasteiger charge is 2.07. The Balaban J connectivity index is 2.09. The highest BCUT2D eigenvalue weighted by atomic mass is 14.9. The predicted octanol–water partition coefficient (Wildman–Crippen LogP) is 2.60. The molecule has 1 heterocycles. The molecule has 0 unspecified atom stereocenters. The molecule has 0 bridgehead atoms. The van der Waals surface area contributed by atoms with Crippen molar-refractivity contribution in [1.82, 2.24) is 15.3 Å². The SMILES string of the molecule is CNCc1c(C)nc(CCc2ccccc2)nc1C. The summed E-state index contributed by atoms with van der Waals surface area (Å²) in [5, 5.41) is 3.16. The van der Waals surface area contributed by atoms with Crippen molar-refractivity contribution in [2.24, 2.45) is 0 Å². The van der Waals surface area contributed by atoms with E-state index < -0.39 is 0 Å². The number of rotatable bonds is 5. The van der Waals surface area contributed by atoms with Crippen LogP contribution in [0.5, 0.6) is 0 Å². The molecule has 0 spiro atoms. The minimum absolute atomic E-state index is 0.830. The fourth-order valence-corrected chi connectivity index (χ4v) is 2.25. The molecule has 0 radical (unpaired) electrons. The third kappa shape index (κ3) is 3.61. The van der Waals surface area contributed by atoms with E-state index in [0.717, 1.165) is 36.6 Å². The van der Waals surface area contributed by atoms with Gasteiger partial charge < -0.3 is 5.32 Å². The number of aromatic nitrogens is 2. The lowest BCUT2D eigenvalue weighted by Gasteiger charge is -2.10. The van der Waals surface area contributed by atoms with E-state index in [0.29, 0.717) is 0 Å². The summed E-state index contributed by atoms with van der Waals surface area (Å²) in [6.07, 6.45) is 1.89. The molecule has 0 aliphatic carbocycles. The molecule has 1 aromatic heterocycles. The quantitative estimate of drug-likeness (QED) is 0.892. The summed E-state index contributed by atoms with van der Waals surface area (Å²) in [4.78, 5) is 9.23. The summed E-state index contributed by atoms with van der Waals surface area (Å²) >= 11 is 0. The highest BCUT2D eigenvalue weighted by Crippen LogP contribution is 2.11. The van der Waals surface area contributed by atoms with Crippen LogP contribution in [0.3, 0.4) is 0 Å². The van der Waals surface area contributed by atoms with Gasteiger partial charge in [0.1, 0.15) is 5.82 Å². The molecule has 0 aliphatic rings. The summed E-state index contributed by atoms with van der Waals surface area (Å²) in [5.41, 5.74) is 4.72. The average molecular weight is 255 g/mol. The van der Waals surface area contributed by atoms with Gasteiger partial charge in [-0.2, -0.15) is 0 Å². The van der Waals surface area contributed by atoms with Crippen LogP contribution in [0.2, 0.25) is 0 Å². The summed E-state index contributed by atoms with van der Waals surface area (Å²) < 4.78 is 0. The normalized spacial score (nSPS) is 10.7. The molecule has 0 amide bonds. The molecule has 100 valence electrons. The van der Waals surface area contributed by atoms with Crippen molar-refractivity contribution in [3.8, 4) is 0 Å². The molecule has 2 rings (SSSR count). The zero-order chi connectivity index (χ0) is 13.7. The number of hydrogen-bond donors (Lipinski definition) is 1. The van der Waals surface area contributed by atoms with Crippen LogP contribution in [0.4, 0.5) is 0 Å². The van der Waals surface area contributed by atoms with E-state index in [9.17, 15) is 0 Å². The van der Waals surface area contributed by atoms with Crippen molar-refractivity contribution >= 4 is 0 Å². The van der Waals surface area contributed by atoms with Crippen LogP contribution in [0.25, 0.3) is 0 Å². The third-order valence-corrected chi connectivity index (χ3v) is 3.30. The second kappa shape index (κ2) is 6.43. The van der Waals surface area contributed by atoms with Crippen molar-refractivity contribution in [2.45, 2.75) is 33.2 Å². The molecule has 2 aromatic rings. The number of nitrogens with one attached hydrogen (secondary N) is 1. The van der Waals surface area contributed by atoms with Gasteiger partial charge in [-0.1, -0.05) is 30.3 Å². The zero-order valence-electron chi connectivity index (χ0n) is 11.9. The summed E-state index contributed by atoms with van der Waals surface area (Å²) in [7, 11) is 1.95. The summed E-state index contributed by atoms with van der Waals surface area (Å²) in [6.45, 7) is 4.96.